The fourth-order valence-electron chi connectivity index (χ4n) is 3.60. The summed E-state index contributed by atoms with van der Waals surface area (Å²) in [6, 6.07) is 11.0. The van der Waals surface area contributed by atoms with E-state index in [-0.39, 0.29) is 18.1 Å². The van der Waals surface area contributed by atoms with Gasteiger partial charge in [-0.2, -0.15) is 0 Å². The standard InChI is InChI=1S/C23H24F3N5O2/c1-30-10-12-31(13-11-30)22-27-15-17-14-18(5-8-20(17)29-22)28-21(32)9-4-16-2-6-19(7-3-16)33-23(24,25)26/h2-3,5-8,14-15H,4,9-13H2,1H3,(H,28,32). The number of carbonyl (C=O) groups is 1. The molecule has 4 rings (SSSR count). The molecule has 3 aromatic rings. The van der Waals surface area contributed by atoms with Crippen LogP contribution in [0.5, 0.6) is 5.75 Å². The molecule has 33 heavy (non-hydrogen) atoms. The van der Waals surface area contributed by atoms with Crippen molar-refractivity contribution >= 4 is 28.4 Å². The van der Waals surface area contributed by atoms with E-state index >= 15 is 0 Å². The van der Waals surface area contributed by atoms with Gasteiger partial charge in [0.05, 0.1) is 5.52 Å². The minimum Gasteiger partial charge on any atom is -0.406 e. The van der Waals surface area contributed by atoms with Crippen molar-refractivity contribution in [2.24, 2.45) is 0 Å². The van der Waals surface area contributed by atoms with Gasteiger partial charge in [0.15, 0.2) is 0 Å². The SMILES string of the molecule is CN1CCN(c2ncc3cc(NC(=O)CCc4ccc(OC(F)(F)F)cc4)ccc3n2)CC1. The molecule has 7 nitrogen and oxygen atoms in total. The molecule has 0 saturated carbocycles. The Morgan fingerprint density at radius 1 is 1.09 bits per heavy atom. The number of aromatic nitrogens is 2. The van der Waals surface area contributed by atoms with Crippen molar-refractivity contribution in [2.75, 3.05) is 43.4 Å². The summed E-state index contributed by atoms with van der Waals surface area (Å²) >= 11 is 0. The molecule has 1 fully saturated rings. The third-order valence-corrected chi connectivity index (χ3v) is 5.43. The fraction of sp³-hybridized carbons (Fsp3) is 0.348. The number of nitrogens with zero attached hydrogens (tertiary/aromatic N) is 4. The van der Waals surface area contributed by atoms with Gasteiger partial charge >= 0.3 is 6.36 Å². The predicted molar refractivity (Wildman–Crippen MR) is 119 cm³/mol. The van der Waals surface area contributed by atoms with Gasteiger partial charge in [-0.25, -0.2) is 9.97 Å². The highest BCUT2D eigenvalue weighted by Crippen LogP contribution is 2.23. The Kier molecular flexibility index (Phi) is 6.64. The van der Waals surface area contributed by atoms with Crippen LogP contribution in [0.2, 0.25) is 0 Å². The molecule has 0 radical (unpaired) electrons. The summed E-state index contributed by atoms with van der Waals surface area (Å²) in [5, 5.41) is 3.67. The number of alkyl halides is 3. The van der Waals surface area contributed by atoms with Crippen LogP contribution in [0.15, 0.2) is 48.7 Å². The molecule has 1 amide bonds. The molecule has 1 aliphatic rings. The van der Waals surface area contributed by atoms with Crippen LogP contribution in [-0.4, -0.2) is 60.4 Å². The van der Waals surface area contributed by atoms with Gasteiger partial charge in [-0.1, -0.05) is 12.1 Å². The minimum atomic E-state index is -4.72. The Morgan fingerprint density at radius 2 is 1.82 bits per heavy atom. The number of hydrogen-bond donors (Lipinski definition) is 1. The highest BCUT2D eigenvalue weighted by molar-refractivity contribution is 5.93. The maximum Gasteiger partial charge on any atom is 0.573 e. The maximum atomic E-state index is 12.3. The van der Waals surface area contributed by atoms with Gasteiger partial charge < -0.3 is 19.9 Å². The van der Waals surface area contributed by atoms with Crippen LogP contribution in [0.4, 0.5) is 24.8 Å². The van der Waals surface area contributed by atoms with Crippen LogP contribution in [0, 0.1) is 0 Å². The number of anilines is 2. The molecule has 2 heterocycles. The summed E-state index contributed by atoms with van der Waals surface area (Å²) in [6.45, 7) is 3.71. The average Bonchev–Trinajstić information content (AvgIpc) is 2.78. The second-order valence-corrected chi connectivity index (χ2v) is 7.97. The third kappa shape index (κ3) is 6.32. The Hall–Kier alpha value is -3.40. The Labute approximate surface area is 189 Å². The molecule has 2 aromatic carbocycles. The Balaban J connectivity index is 1.32. The first-order valence-electron chi connectivity index (χ1n) is 10.6. The van der Waals surface area contributed by atoms with Gasteiger partial charge in [0.1, 0.15) is 5.75 Å². The largest absolute Gasteiger partial charge is 0.573 e. The van der Waals surface area contributed by atoms with Crippen molar-refractivity contribution in [1.82, 2.24) is 14.9 Å². The molecule has 1 aliphatic heterocycles. The number of aryl methyl sites for hydroxylation is 1. The minimum absolute atomic E-state index is 0.191. The average molecular weight is 459 g/mol. The third-order valence-electron chi connectivity index (χ3n) is 5.43. The summed E-state index contributed by atoms with van der Waals surface area (Å²) < 4.78 is 40.5. The van der Waals surface area contributed by atoms with Crippen molar-refractivity contribution in [1.29, 1.82) is 0 Å². The van der Waals surface area contributed by atoms with Crippen molar-refractivity contribution in [3.8, 4) is 5.75 Å². The smallest absolute Gasteiger partial charge is 0.406 e. The molecule has 0 bridgehead atoms. The van der Waals surface area contributed by atoms with Gasteiger partial charge in [0.25, 0.3) is 0 Å². The number of ether oxygens (including phenoxy) is 1. The molecule has 1 saturated heterocycles. The van der Waals surface area contributed by atoms with Crippen LogP contribution < -0.4 is 15.0 Å². The Morgan fingerprint density at radius 3 is 2.52 bits per heavy atom. The van der Waals surface area contributed by atoms with Gasteiger partial charge in [0.2, 0.25) is 11.9 Å². The van der Waals surface area contributed by atoms with Crippen molar-refractivity contribution in [3.05, 3.63) is 54.2 Å². The van der Waals surface area contributed by atoms with E-state index in [9.17, 15) is 18.0 Å². The molecule has 174 valence electrons. The number of nitrogens with one attached hydrogen (secondary N) is 1. The second kappa shape index (κ2) is 9.62. The zero-order chi connectivity index (χ0) is 23.4. The van der Waals surface area contributed by atoms with E-state index in [1.807, 2.05) is 12.1 Å². The lowest BCUT2D eigenvalue weighted by Crippen LogP contribution is -2.45. The molecular weight excluding hydrogens is 435 g/mol. The number of piperazine rings is 1. The van der Waals surface area contributed by atoms with E-state index in [0.29, 0.717) is 18.1 Å². The predicted octanol–water partition coefficient (Wildman–Crippen LogP) is 3.85. The Bertz CT molecular complexity index is 1110. The van der Waals surface area contributed by atoms with E-state index in [2.05, 4.69) is 36.9 Å². The number of carbonyl (C=O) groups excluding carboxylic acids is 1. The molecule has 0 spiro atoms. The summed E-state index contributed by atoms with van der Waals surface area (Å²) in [6.07, 6.45) is -2.38. The molecule has 0 unspecified atom stereocenters. The van der Waals surface area contributed by atoms with Gasteiger partial charge in [-0.3, -0.25) is 4.79 Å². The van der Waals surface area contributed by atoms with E-state index < -0.39 is 6.36 Å². The quantitative estimate of drug-likeness (QED) is 0.604. The van der Waals surface area contributed by atoms with E-state index in [1.165, 1.54) is 24.3 Å². The molecule has 1 aromatic heterocycles. The van der Waals surface area contributed by atoms with Crippen molar-refractivity contribution in [3.63, 3.8) is 0 Å². The lowest BCUT2D eigenvalue weighted by atomic mass is 10.1. The van der Waals surface area contributed by atoms with Gasteiger partial charge in [-0.05, 0) is 49.4 Å². The molecule has 10 heteroatoms. The van der Waals surface area contributed by atoms with E-state index in [1.54, 1.807) is 12.3 Å². The van der Waals surface area contributed by atoms with Crippen LogP contribution in [0.25, 0.3) is 10.9 Å². The van der Waals surface area contributed by atoms with Crippen LogP contribution in [0.1, 0.15) is 12.0 Å². The van der Waals surface area contributed by atoms with Crippen molar-refractivity contribution < 1.29 is 22.7 Å². The zero-order valence-electron chi connectivity index (χ0n) is 18.1. The number of fused-ring (bicyclic) bond motifs is 1. The normalized spacial score (nSPS) is 15.0. The second-order valence-electron chi connectivity index (χ2n) is 7.97. The van der Waals surface area contributed by atoms with Crippen molar-refractivity contribution in [2.45, 2.75) is 19.2 Å². The summed E-state index contributed by atoms with van der Waals surface area (Å²) in [5.41, 5.74) is 2.18. The van der Waals surface area contributed by atoms with Gasteiger partial charge in [-0.15, -0.1) is 13.2 Å². The summed E-state index contributed by atoms with van der Waals surface area (Å²) in [7, 11) is 2.09. The number of amides is 1. The van der Waals surface area contributed by atoms with E-state index in [4.69, 9.17) is 0 Å². The lowest BCUT2D eigenvalue weighted by Gasteiger charge is -2.32. The topological polar surface area (TPSA) is 70.6 Å². The zero-order valence-corrected chi connectivity index (χ0v) is 18.1. The highest BCUT2D eigenvalue weighted by Gasteiger charge is 2.30. The molecule has 0 aliphatic carbocycles. The fourth-order valence-corrected chi connectivity index (χ4v) is 3.60. The first kappa shape index (κ1) is 22.8. The van der Waals surface area contributed by atoms with Crippen LogP contribution in [0.3, 0.4) is 0 Å². The monoisotopic (exact) mass is 459 g/mol. The number of likely N-dealkylation sites (N-methyl/N-ethyl adjacent to an activating group) is 1. The number of halogens is 3. The maximum absolute atomic E-state index is 12.3. The summed E-state index contributed by atoms with van der Waals surface area (Å²) in [5.74, 6) is 0.226. The van der Waals surface area contributed by atoms with Gasteiger partial charge in [0, 0.05) is 49.9 Å². The van der Waals surface area contributed by atoms with Crippen LogP contribution >= 0.6 is 0 Å². The summed E-state index contributed by atoms with van der Waals surface area (Å²) in [4.78, 5) is 25.9. The highest BCUT2D eigenvalue weighted by atomic mass is 19.4. The van der Waals surface area contributed by atoms with Crippen LogP contribution in [-0.2, 0) is 11.2 Å². The van der Waals surface area contributed by atoms with E-state index in [0.717, 1.165) is 42.6 Å². The number of hydrogen-bond acceptors (Lipinski definition) is 6. The molecule has 1 N–H and O–H groups in total. The first-order chi connectivity index (χ1) is 15.7. The molecule has 0 atom stereocenters. The number of rotatable bonds is 6. The lowest BCUT2D eigenvalue weighted by molar-refractivity contribution is -0.274. The first-order valence-corrected chi connectivity index (χ1v) is 10.6. The number of benzene rings is 2. The molecular formula is C23H24F3N5O2.